The number of piperidine rings is 1. The summed E-state index contributed by atoms with van der Waals surface area (Å²) in [7, 11) is 1.64. The van der Waals surface area contributed by atoms with Gasteiger partial charge < -0.3 is 14.5 Å². The van der Waals surface area contributed by atoms with Crippen LogP contribution in [0.1, 0.15) is 18.4 Å². The number of ether oxygens (including phenoxy) is 2. The molecule has 2 aliphatic rings. The Kier molecular flexibility index (Phi) is 5.76. The van der Waals surface area contributed by atoms with Crippen LogP contribution >= 0.6 is 0 Å². The monoisotopic (exact) mass is 371 g/mol. The zero-order chi connectivity index (χ0) is 18.6. The lowest BCUT2D eigenvalue weighted by molar-refractivity contribution is 0.0224. The molecule has 2 saturated heterocycles. The lowest BCUT2D eigenvalue weighted by Gasteiger charge is -2.36. The Balaban J connectivity index is 1.43. The first kappa shape index (κ1) is 18.5. The van der Waals surface area contributed by atoms with Crippen LogP contribution in [0.2, 0.25) is 0 Å². The molecule has 0 bridgehead atoms. The van der Waals surface area contributed by atoms with Gasteiger partial charge in [-0.2, -0.15) is 0 Å². The number of H-pyrrole nitrogens is 1. The fourth-order valence-corrected chi connectivity index (χ4v) is 4.30. The van der Waals surface area contributed by atoms with Crippen LogP contribution in [0.3, 0.4) is 0 Å². The molecule has 0 amide bonds. The average molecular weight is 371 g/mol. The highest BCUT2D eigenvalue weighted by Gasteiger charge is 2.23. The van der Waals surface area contributed by atoms with Crippen LogP contribution in [0.5, 0.6) is 5.75 Å². The Morgan fingerprint density at radius 1 is 1.19 bits per heavy atom. The van der Waals surface area contributed by atoms with E-state index in [1.165, 1.54) is 12.8 Å². The van der Waals surface area contributed by atoms with Crippen LogP contribution in [0.25, 0.3) is 10.9 Å². The SMILES string of the molecule is COc1ccc2cc(CN3CCCC(CN4CCOCC4)C3)c(=O)[nH]c2c1. The Morgan fingerprint density at radius 2 is 2.04 bits per heavy atom. The normalized spacial score (nSPS) is 22.2. The third kappa shape index (κ3) is 4.51. The quantitative estimate of drug-likeness (QED) is 0.872. The number of aromatic nitrogens is 1. The minimum atomic E-state index is 0.00561. The molecule has 1 N–H and O–H groups in total. The molecule has 0 radical (unpaired) electrons. The Labute approximate surface area is 160 Å². The molecule has 2 aromatic rings. The number of pyridine rings is 1. The predicted molar refractivity (Wildman–Crippen MR) is 106 cm³/mol. The van der Waals surface area contributed by atoms with Crippen molar-refractivity contribution in [2.24, 2.45) is 5.92 Å². The van der Waals surface area contributed by atoms with Gasteiger partial charge in [0.15, 0.2) is 0 Å². The van der Waals surface area contributed by atoms with Crippen LogP contribution in [0.15, 0.2) is 29.1 Å². The van der Waals surface area contributed by atoms with Gasteiger partial charge in [-0.25, -0.2) is 0 Å². The first-order chi connectivity index (χ1) is 13.2. The van der Waals surface area contributed by atoms with Crippen molar-refractivity contribution in [2.75, 3.05) is 53.0 Å². The molecule has 0 aliphatic carbocycles. The van der Waals surface area contributed by atoms with Crippen molar-refractivity contribution in [1.29, 1.82) is 0 Å². The van der Waals surface area contributed by atoms with Gasteiger partial charge in [-0.15, -0.1) is 0 Å². The summed E-state index contributed by atoms with van der Waals surface area (Å²) >= 11 is 0. The number of aromatic amines is 1. The van der Waals surface area contributed by atoms with Crippen molar-refractivity contribution in [3.63, 3.8) is 0 Å². The highest BCUT2D eigenvalue weighted by atomic mass is 16.5. The van der Waals surface area contributed by atoms with Crippen LogP contribution < -0.4 is 10.3 Å². The van der Waals surface area contributed by atoms with Gasteiger partial charge in [-0.3, -0.25) is 14.6 Å². The zero-order valence-corrected chi connectivity index (χ0v) is 16.1. The second-order valence-electron chi connectivity index (χ2n) is 7.73. The van der Waals surface area contributed by atoms with E-state index in [-0.39, 0.29) is 5.56 Å². The van der Waals surface area contributed by atoms with Crippen molar-refractivity contribution in [3.8, 4) is 5.75 Å². The third-order valence-electron chi connectivity index (χ3n) is 5.75. The summed E-state index contributed by atoms with van der Waals surface area (Å²) in [4.78, 5) is 20.5. The van der Waals surface area contributed by atoms with Crippen molar-refractivity contribution >= 4 is 10.9 Å². The molecule has 1 atom stereocenters. The summed E-state index contributed by atoms with van der Waals surface area (Å²) in [5, 5.41) is 1.05. The summed E-state index contributed by atoms with van der Waals surface area (Å²) < 4.78 is 10.7. The number of likely N-dealkylation sites (tertiary alicyclic amines) is 1. The number of hydrogen-bond acceptors (Lipinski definition) is 5. The summed E-state index contributed by atoms with van der Waals surface area (Å²) in [5.41, 5.74) is 1.68. The standard InChI is InChI=1S/C21H29N3O3/c1-26-19-5-4-17-11-18(21(25)22-20(17)12-19)15-24-6-2-3-16(14-24)13-23-7-9-27-10-8-23/h4-5,11-12,16H,2-3,6-10,13-15H2,1H3,(H,22,25). The summed E-state index contributed by atoms with van der Waals surface area (Å²) in [6.07, 6.45) is 2.49. The van der Waals surface area contributed by atoms with Gasteiger partial charge in [0.2, 0.25) is 0 Å². The molecule has 1 aromatic heterocycles. The lowest BCUT2D eigenvalue weighted by atomic mass is 9.96. The zero-order valence-electron chi connectivity index (χ0n) is 16.1. The molecule has 1 unspecified atom stereocenters. The Hall–Kier alpha value is -1.89. The van der Waals surface area contributed by atoms with E-state index in [9.17, 15) is 4.79 Å². The summed E-state index contributed by atoms with van der Waals surface area (Å²) in [6, 6.07) is 7.84. The highest BCUT2D eigenvalue weighted by Crippen LogP contribution is 2.22. The van der Waals surface area contributed by atoms with E-state index in [4.69, 9.17) is 9.47 Å². The molecule has 6 nitrogen and oxygen atoms in total. The Bertz CT molecular complexity index is 829. The van der Waals surface area contributed by atoms with E-state index >= 15 is 0 Å². The fraction of sp³-hybridized carbons (Fsp3) is 0.571. The molecule has 0 saturated carbocycles. The molecule has 3 heterocycles. The summed E-state index contributed by atoms with van der Waals surface area (Å²) in [5.74, 6) is 1.44. The van der Waals surface area contributed by atoms with E-state index in [0.29, 0.717) is 5.92 Å². The van der Waals surface area contributed by atoms with Gasteiger partial charge in [0.05, 0.1) is 25.8 Å². The largest absolute Gasteiger partial charge is 0.497 e. The molecule has 146 valence electrons. The van der Waals surface area contributed by atoms with Gasteiger partial charge in [0, 0.05) is 44.4 Å². The molecular formula is C21H29N3O3. The number of nitrogens with one attached hydrogen (secondary N) is 1. The average Bonchev–Trinajstić information content (AvgIpc) is 2.69. The number of nitrogens with zero attached hydrogens (tertiary/aromatic N) is 2. The smallest absolute Gasteiger partial charge is 0.252 e. The topological polar surface area (TPSA) is 57.8 Å². The fourth-order valence-electron chi connectivity index (χ4n) is 4.30. The van der Waals surface area contributed by atoms with Crippen molar-refractivity contribution in [3.05, 3.63) is 40.2 Å². The molecule has 2 aliphatic heterocycles. The van der Waals surface area contributed by atoms with E-state index in [1.54, 1.807) is 7.11 Å². The van der Waals surface area contributed by atoms with Gasteiger partial charge in [0.1, 0.15) is 5.75 Å². The minimum absolute atomic E-state index is 0.00561. The Morgan fingerprint density at radius 3 is 2.85 bits per heavy atom. The second-order valence-corrected chi connectivity index (χ2v) is 7.73. The minimum Gasteiger partial charge on any atom is -0.497 e. The van der Waals surface area contributed by atoms with E-state index in [2.05, 4.69) is 14.8 Å². The molecule has 1 aromatic carbocycles. The van der Waals surface area contributed by atoms with Crippen LogP contribution in [-0.4, -0.2) is 67.8 Å². The van der Waals surface area contributed by atoms with Gasteiger partial charge in [-0.1, -0.05) is 0 Å². The third-order valence-corrected chi connectivity index (χ3v) is 5.75. The summed E-state index contributed by atoms with van der Waals surface area (Å²) in [6.45, 7) is 7.80. The van der Waals surface area contributed by atoms with E-state index in [0.717, 1.165) is 74.7 Å². The predicted octanol–water partition coefficient (Wildman–Crippen LogP) is 2.08. The van der Waals surface area contributed by atoms with Crippen LogP contribution in [0, 0.1) is 5.92 Å². The first-order valence-electron chi connectivity index (χ1n) is 9.93. The van der Waals surface area contributed by atoms with Gasteiger partial charge in [0.25, 0.3) is 5.56 Å². The molecule has 2 fully saturated rings. The van der Waals surface area contributed by atoms with E-state index < -0.39 is 0 Å². The molecule has 4 rings (SSSR count). The number of hydrogen-bond donors (Lipinski definition) is 1. The number of morpholine rings is 1. The molecule has 0 spiro atoms. The first-order valence-corrected chi connectivity index (χ1v) is 9.93. The van der Waals surface area contributed by atoms with Crippen LogP contribution in [-0.2, 0) is 11.3 Å². The van der Waals surface area contributed by atoms with Crippen LogP contribution in [0.4, 0.5) is 0 Å². The van der Waals surface area contributed by atoms with Gasteiger partial charge in [-0.05, 0) is 48.9 Å². The maximum absolute atomic E-state index is 12.6. The van der Waals surface area contributed by atoms with Gasteiger partial charge >= 0.3 is 0 Å². The number of rotatable bonds is 5. The number of methoxy groups -OCH3 is 1. The van der Waals surface area contributed by atoms with Crippen molar-refractivity contribution in [2.45, 2.75) is 19.4 Å². The van der Waals surface area contributed by atoms with Crippen molar-refractivity contribution < 1.29 is 9.47 Å². The maximum Gasteiger partial charge on any atom is 0.252 e. The molecular weight excluding hydrogens is 342 g/mol. The maximum atomic E-state index is 12.6. The lowest BCUT2D eigenvalue weighted by Crippen LogP contribution is -2.44. The highest BCUT2D eigenvalue weighted by molar-refractivity contribution is 5.80. The second kappa shape index (κ2) is 8.42. The number of benzene rings is 1. The van der Waals surface area contributed by atoms with E-state index in [1.807, 2.05) is 24.3 Å². The molecule has 27 heavy (non-hydrogen) atoms. The van der Waals surface area contributed by atoms with Crippen molar-refractivity contribution in [1.82, 2.24) is 14.8 Å². The number of fused-ring (bicyclic) bond motifs is 1. The molecule has 6 heteroatoms.